The molecule has 3 aromatic carbocycles. The number of benzene rings is 3. The Kier molecular flexibility index (Phi) is 5.46. The lowest BCUT2D eigenvalue weighted by molar-refractivity contribution is -0.132. The number of hydrogen-bond acceptors (Lipinski definition) is 5. The van der Waals surface area contributed by atoms with Crippen LogP contribution in [0.1, 0.15) is 22.9 Å². The zero-order chi connectivity index (χ0) is 25.8. The van der Waals surface area contributed by atoms with E-state index in [9.17, 15) is 14.7 Å². The van der Waals surface area contributed by atoms with Crippen molar-refractivity contribution in [1.82, 2.24) is 4.98 Å². The van der Waals surface area contributed by atoms with E-state index in [4.69, 9.17) is 16.3 Å². The number of nitrogens with zero attached hydrogens (tertiary/aromatic N) is 2. The van der Waals surface area contributed by atoms with Crippen LogP contribution in [0.15, 0.2) is 72.3 Å². The first-order valence-corrected chi connectivity index (χ1v) is 12.3. The molecule has 2 aliphatic rings. The number of halogens is 1. The van der Waals surface area contributed by atoms with Crippen LogP contribution < -0.4 is 14.5 Å². The van der Waals surface area contributed by atoms with Crippen molar-refractivity contribution in [2.75, 3.05) is 30.0 Å². The Bertz CT molecular complexity index is 1610. The van der Waals surface area contributed by atoms with Gasteiger partial charge in [0.2, 0.25) is 0 Å². The van der Waals surface area contributed by atoms with Gasteiger partial charge in [-0.25, -0.2) is 0 Å². The van der Waals surface area contributed by atoms with E-state index >= 15 is 0 Å². The molecule has 0 spiro atoms. The first kappa shape index (κ1) is 23.2. The van der Waals surface area contributed by atoms with Gasteiger partial charge >= 0.3 is 0 Å². The number of rotatable bonds is 3. The number of hydrogen-bond donors (Lipinski definition) is 2. The number of fused-ring (bicyclic) bond motifs is 2. The minimum absolute atomic E-state index is 0.0344. The van der Waals surface area contributed by atoms with Crippen molar-refractivity contribution in [2.24, 2.45) is 0 Å². The molecule has 2 N–H and O–H groups in total. The largest absolute Gasteiger partial charge is 0.507 e. The summed E-state index contributed by atoms with van der Waals surface area (Å²) in [7, 11) is 1.94. The summed E-state index contributed by atoms with van der Waals surface area (Å²) in [6.07, 6.45) is 0. The molecule has 1 saturated heterocycles. The van der Waals surface area contributed by atoms with E-state index in [-0.39, 0.29) is 11.3 Å². The number of likely N-dealkylation sites (N-methyl/N-ethyl adjacent to an activating group) is 1. The number of ether oxygens (including phenoxy) is 1. The number of carbonyl (C=O) groups excluding carboxylic acids is 2. The number of carbonyl (C=O) groups is 2. The fraction of sp³-hybridized carbons (Fsp3) is 0.172. The second-order valence-corrected chi connectivity index (χ2v) is 9.74. The molecule has 8 heteroatoms. The number of Topliss-reactive ketones (excluding diaryl/α,β-unsaturated/α-hetero) is 1. The number of aliphatic hydroxyl groups excluding tert-OH is 1. The number of aliphatic hydroxyl groups is 1. The van der Waals surface area contributed by atoms with Crippen LogP contribution in [0.5, 0.6) is 5.75 Å². The number of ketones is 1. The number of amides is 1. The van der Waals surface area contributed by atoms with E-state index in [1.165, 1.54) is 4.90 Å². The maximum atomic E-state index is 13.6. The molecule has 6 rings (SSSR count). The van der Waals surface area contributed by atoms with Crippen molar-refractivity contribution in [3.05, 3.63) is 94.1 Å². The second kappa shape index (κ2) is 8.71. The van der Waals surface area contributed by atoms with Crippen LogP contribution in [0.3, 0.4) is 0 Å². The Morgan fingerprint density at radius 2 is 1.84 bits per heavy atom. The molecule has 4 aromatic rings. The molecule has 1 amide bonds. The summed E-state index contributed by atoms with van der Waals surface area (Å²) in [5, 5.41) is 13.0. The highest BCUT2D eigenvalue weighted by atomic mass is 35.5. The third kappa shape index (κ3) is 3.65. The second-order valence-electron chi connectivity index (χ2n) is 9.31. The quantitative estimate of drug-likeness (QED) is 0.212. The van der Waals surface area contributed by atoms with E-state index in [2.05, 4.69) is 4.98 Å². The Morgan fingerprint density at radius 1 is 1.08 bits per heavy atom. The minimum atomic E-state index is -0.845. The molecule has 0 aliphatic carbocycles. The van der Waals surface area contributed by atoms with E-state index < -0.39 is 17.7 Å². The summed E-state index contributed by atoms with van der Waals surface area (Å²) >= 11 is 6.11. The molecule has 1 fully saturated rings. The lowest BCUT2D eigenvalue weighted by Gasteiger charge is -2.28. The monoisotopic (exact) mass is 513 g/mol. The van der Waals surface area contributed by atoms with E-state index in [1.54, 1.807) is 42.5 Å². The number of nitrogens with one attached hydrogen (secondary N) is 1. The fourth-order valence-corrected chi connectivity index (χ4v) is 5.40. The van der Waals surface area contributed by atoms with Crippen LogP contribution in [0.25, 0.3) is 16.7 Å². The Hall–Kier alpha value is -4.23. The van der Waals surface area contributed by atoms with Gasteiger partial charge in [0, 0.05) is 45.5 Å². The third-order valence-corrected chi connectivity index (χ3v) is 7.35. The van der Waals surface area contributed by atoms with Gasteiger partial charge in [0.15, 0.2) is 0 Å². The molecule has 37 heavy (non-hydrogen) atoms. The van der Waals surface area contributed by atoms with Crippen LogP contribution in [-0.2, 0) is 9.59 Å². The van der Waals surface area contributed by atoms with Gasteiger partial charge in [0.05, 0.1) is 23.8 Å². The molecule has 0 saturated carbocycles. The number of aryl methyl sites for hydroxylation is 1. The average Bonchev–Trinajstić information content (AvgIpc) is 3.36. The Morgan fingerprint density at radius 3 is 2.62 bits per heavy atom. The van der Waals surface area contributed by atoms with Crippen molar-refractivity contribution >= 4 is 51.3 Å². The summed E-state index contributed by atoms with van der Waals surface area (Å²) in [6.45, 7) is 3.18. The summed E-state index contributed by atoms with van der Waals surface area (Å²) in [5.41, 5.74) is 4.23. The molecule has 1 unspecified atom stereocenters. The number of anilines is 2. The van der Waals surface area contributed by atoms with Crippen LogP contribution in [-0.4, -0.2) is 42.0 Å². The standard InChI is InChI=1S/C29H24ClN3O4/c1-16-24(20-5-3-4-6-21(20)31-16)26-25(28(35)29(36)33(26)19-10-8-18(30)9-11-19)27(34)17-7-12-23-22(15-17)32(2)13-14-37-23/h3-12,15,26,31,34H,13-14H2,1-2H3/b27-25+. The first-order chi connectivity index (χ1) is 17.8. The minimum Gasteiger partial charge on any atom is -0.507 e. The smallest absolute Gasteiger partial charge is 0.300 e. The number of H-pyrrole nitrogens is 1. The molecule has 0 radical (unpaired) electrons. The predicted molar refractivity (Wildman–Crippen MR) is 144 cm³/mol. The van der Waals surface area contributed by atoms with Crippen molar-refractivity contribution in [1.29, 1.82) is 0 Å². The van der Waals surface area contributed by atoms with Gasteiger partial charge in [-0.05, 0) is 55.5 Å². The van der Waals surface area contributed by atoms with E-state index in [0.717, 1.165) is 27.8 Å². The molecule has 186 valence electrons. The van der Waals surface area contributed by atoms with Gasteiger partial charge < -0.3 is 19.7 Å². The molecule has 7 nitrogen and oxygen atoms in total. The summed E-state index contributed by atoms with van der Waals surface area (Å²) in [6, 6.07) is 18.9. The molecular formula is C29H24ClN3O4. The summed E-state index contributed by atoms with van der Waals surface area (Å²) in [5.74, 6) is -0.983. The highest BCUT2D eigenvalue weighted by Gasteiger charge is 2.48. The molecule has 3 heterocycles. The molecule has 2 aliphatic heterocycles. The topological polar surface area (TPSA) is 85.9 Å². The normalized spacial score (nSPS) is 18.8. The zero-order valence-corrected chi connectivity index (χ0v) is 21.0. The van der Waals surface area contributed by atoms with E-state index in [0.29, 0.717) is 35.2 Å². The lowest BCUT2D eigenvalue weighted by Crippen LogP contribution is -2.29. The summed E-state index contributed by atoms with van der Waals surface area (Å²) in [4.78, 5) is 34.0. The average molecular weight is 514 g/mol. The van der Waals surface area contributed by atoms with E-state index in [1.807, 2.05) is 43.1 Å². The first-order valence-electron chi connectivity index (χ1n) is 12.0. The number of aromatic nitrogens is 1. The maximum absolute atomic E-state index is 13.6. The molecular weight excluding hydrogens is 490 g/mol. The highest BCUT2D eigenvalue weighted by molar-refractivity contribution is 6.52. The molecule has 1 atom stereocenters. The van der Waals surface area contributed by atoms with Crippen molar-refractivity contribution < 1.29 is 19.4 Å². The third-order valence-electron chi connectivity index (χ3n) is 7.09. The van der Waals surface area contributed by atoms with Crippen molar-refractivity contribution in [3.8, 4) is 5.75 Å². The molecule has 1 aromatic heterocycles. The predicted octanol–water partition coefficient (Wildman–Crippen LogP) is 5.58. The van der Waals surface area contributed by atoms with Crippen LogP contribution in [0, 0.1) is 6.92 Å². The Balaban J connectivity index is 1.60. The van der Waals surface area contributed by atoms with Gasteiger partial charge in [-0.2, -0.15) is 0 Å². The van der Waals surface area contributed by atoms with Crippen LogP contribution in [0.2, 0.25) is 5.02 Å². The lowest BCUT2D eigenvalue weighted by atomic mass is 9.93. The van der Waals surface area contributed by atoms with Crippen molar-refractivity contribution in [2.45, 2.75) is 13.0 Å². The van der Waals surface area contributed by atoms with Gasteiger partial charge in [-0.15, -0.1) is 0 Å². The summed E-state index contributed by atoms with van der Waals surface area (Å²) < 4.78 is 5.74. The van der Waals surface area contributed by atoms with Crippen molar-refractivity contribution in [3.63, 3.8) is 0 Å². The van der Waals surface area contributed by atoms with Gasteiger partial charge in [0.25, 0.3) is 11.7 Å². The number of para-hydroxylation sites is 1. The zero-order valence-electron chi connectivity index (χ0n) is 20.3. The maximum Gasteiger partial charge on any atom is 0.300 e. The van der Waals surface area contributed by atoms with Crippen LogP contribution in [0.4, 0.5) is 11.4 Å². The number of aromatic amines is 1. The van der Waals surface area contributed by atoms with Gasteiger partial charge in [-0.3, -0.25) is 14.5 Å². The van der Waals surface area contributed by atoms with Gasteiger partial charge in [-0.1, -0.05) is 29.8 Å². The fourth-order valence-electron chi connectivity index (χ4n) is 5.28. The highest BCUT2D eigenvalue weighted by Crippen LogP contribution is 2.46. The SMILES string of the molecule is Cc1[nH]c2ccccc2c1C1/C(=C(\O)c2ccc3c(c2)N(C)CCO3)C(=O)C(=O)N1c1ccc(Cl)cc1. The molecule has 0 bridgehead atoms. The van der Waals surface area contributed by atoms with Gasteiger partial charge in [0.1, 0.15) is 18.1 Å². The van der Waals surface area contributed by atoms with Crippen LogP contribution >= 0.6 is 11.6 Å². The Labute approximate surface area is 218 Å².